The molecule has 0 spiro atoms. The van der Waals surface area contributed by atoms with Gasteiger partial charge in [-0.1, -0.05) is 0 Å². The number of hydrogen-bond acceptors (Lipinski definition) is 4. The lowest BCUT2D eigenvalue weighted by atomic mass is 10.0. The number of rotatable bonds is 1. The fraction of sp³-hybridized carbons (Fsp3) is 0.750. The second-order valence-corrected chi connectivity index (χ2v) is 3.56. The molecule has 0 saturated carbocycles. The summed E-state index contributed by atoms with van der Waals surface area (Å²) in [6.07, 6.45) is 0. The van der Waals surface area contributed by atoms with Gasteiger partial charge in [-0.25, -0.2) is 0 Å². The summed E-state index contributed by atoms with van der Waals surface area (Å²) in [5.41, 5.74) is -0.705. The molecule has 74 valence electrons. The molecule has 1 fully saturated rings. The van der Waals surface area contributed by atoms with E-state index in [9.17, 15) is 9.59 Å². The van der Waals surface area contributed by atoms with Crippen molar-refractivity contribution in [3.8, 4) is 0 Å². The van der Waals surface area contributed by atoms with E-state index >= 15 is 0 Å². The Morgan fingerprint density at radius 2 is 2.31 bits per heavy atom. The zero-order valence-electron chi connectivity index (χ0n) is 7.83. The van der Waals surface area contributed by atoms with Gasteiger partial charge in [0.2, 0.25) is 5.91 Å². The van der Waals surface area contributed by atoms with Crippen molar-refractivity contribution in [2.45, 2.75) is 19.4 Å². The van der Waals surface area contributed by atoms with Gasteiger partial charge in [0.25, 0.3) is 5.91 Å². The number of carbonyl (C=O) groups excluding carboxylic acids is 2. The number of carbonyl (C=O) groups is 2. The number of aliphatic hydroxyl groups is 1. The predicted molar refractivity (Wildman–Crippen MR) is 45.9 cm³/mol. The lowest BCUT2D eigenvalue weighted by Crippen LogP contribution is -2.62. The second-order valence-electron chi connectivity index (χ2n) is 3.56. The minimum Gasteiger partial charge on any atom is -0.387 e. The van der Waals surface area contributed by atoms with Crippen molar-refractivity contribution in [3.05, 3.63) is 0 Å². The van der Waals surface area contributed by atoms with Crippen LogP contribution in [-0.2, 0) is 9.59 Å². The predicted octanol–water partition coefficient (Wildman–Crippen LogP) is -1.28. The van der Waals surface area contributed by atoms with E-state index in [4.69, 9.17) is 5.11 Å². The molecule has 13 heavy (non-hydrogen) atoms. The van der Waals surface area contributed by atoms with E-state index in [1.165, 1.54) is 0 Å². The van der Waals surface area contributed by atoms with Crippen LogP contribution in [0.4, 0.5) is 0 Å². The third-order valence-electron chi connectivity index (χ3n) is 2.12. The van der Waals surface area contributed by atoms with Crippen LogP contribution in [0.15, 0.2) is 0 Å². The van der Waals surface area contributed by atoms with Gasteiger partial charge in [0.15, 0.2) is 0 Å². The fourth-order valence-electron chi connectivity index (χ4n) is 1.32. The molecule has 2 N–H and O–H groups in total. The summed E-state index contributed by atoms with van der Waals surface area (Å²) in [5, 5.41) is 11.6. The Bertz CT molecular complexity index is 238. The Morgan fingerprint density at radius 3 is 2.85 bits per heavy atom. The van der Waals surface area contributed by atoms with Gasteiger partial charge in [0.05, 0.1) is 5.54 Å². The Hall–Kier alpha value is -0.940. The number of imide groups is 1. The molecule has 0 aromatic carbocycles. The van der Waals surface area contributed by atoms with Crippen LogP contribution in [0.25, 0.3) is 0 Å². The number of nitrogens with zero attached hydrogens (tertiary/aromatic N) is 1. The number of hydrogen-bond donors (Lipinski definition) is 2. The van der Waals surface area contributed by atoms with Crippen LogP contribution in [0.1, 0.15) is 13.8 Å². The van der Waals surface area contributed by atoms with Crippen molar-refractivity contribution in [3.63, 3.8) is 0 Å². The molecule has 1 aliphatic rings. The summed E-state index contributed by atoms with van der Waals surface area (Å²) in [5.74, 6) is -0.808. The SMILES string of the molecule is CC1(C)NCCN(C(=O)CO)C1=O. The maximum absolute atomic E-state index is 11.6. The van der Waals surface area contributed by atoms with Crippen LogP contribution in [0.2, 0.25) is 0 Å². The molecule has 1 aliphatic heterocycles. The number of piperazine rings is 1. The van der Waals surface area contributed by atoms with Gasteiger partial charge < -0.3 is 10.4 Å². The molecule has 0 unspecified atom stereocenters. The number of nitrogens with one attached hydrogen (secondary N) is 1. The summed E-state index contributed by atoms with van der Waals surface area (Å²) >= 11 is 0. The van der Waals surface area contributed by atoms with Crippen molar-refractivity contribution in [1.82, 2.24) is 10.2 Å². The van der Waals surface area contributed by atoms with Crippen LogP contribution in [-0.4, -0.2) is 47.1 Å². The Morgan fingerprint density at radius 1 is 1.69 bits per heavy atom. The van der Waals surface area contributed by atoms with Gasteiger partial charge in [-0.05, 0) is 13.8 Å². The van der Waals surface area contributed by atoms with Gasteiger partial charge in [-0.3, -0.25) is 14.5 Å². The molecule has 2 amide bonds. The van der Waals surface area contributed by atoms with Crippen LogP contribution in [0.3, 0.4) is 0 Å². The zero-order chi connectivity index (χ0) is 10.1. The van der Waals surface area contributed by atoms with Gasteiger partial charge in [0.1, 0.15) is 6.61 Å². The Labute approximate surface area is 76.7 Å². The molecule has 1 heterocycles. The van der Waals surface area contributed by atoms with E-state index < -0.39 is 18.1 Å². The van der Waals surface area contributed by atoms with E-state index in [0.717, 1.165) is 4.90 Å². The topological polar surface area (TPSA) is 69.6 Å². The summed E-state index contributed by atoms with van der Waals surface area (Å²) in [7, 11) is 0. The summed E-state index contributed by atoms with van der Waals surface area (Å²) < 4.78 is 0. The molecule has 0 atom stereocenters. The molecule has 1 rings (SSSR count). The monoisotopic (exact) mass is 186 g/mol. The molecule has 5 nitrogen and oxygen atoms in total. The highest BCUT2D eigenvalue weighted by atomic mass is 16.3. The molecular formula is C8H14N2O3. The van der Waals surface area contributed by atoms with Crippen molar-refractivity contribution in [2.75, 3.05) is 19.7 Å². The van der Waals surface area contributed by atoms with Crippen LogP contribution in [0.5, 0.6) is 0 Å². The smallest absolute Gasteiger partial charge is 0.254 e. The van der Waals surface area contributed by atoms with Crippen LogP contribution < -0.4 is 5.32 Å². The molecule has 0 radical (unpaired) electrons. The second kappa shape index (κ2) is 3.43. The van der Waals surface area contributed by atoms with Crippen molar-refractivity contribution in [1.29, 1.82) is 0 Å². The average molecular weight is 186 g/mol. The third kappa shape index (κ3) is 1.87. The highest BCUT2D eigenvalue weighted by Crippen LogP contribution is 2.12. The maximum Gasteiger partial charge on any atom is 0.254 e. The zero-order valence-corrected chi connectivity index (χ0v) is 7.83. The van der Waals surface area contributed by atoms with E-state index in [1.807, 2.05) is 0 Å². The first kappa shape index (κ1) is 10.1. The van der Waals surface area contributed by atoms with Crippen LogP contribution in [0, 0.1) is 0 Å². The van der Waals surface area contributed by atoms with Gasteiger partial charge >= 0.3 is 0 Å². The molecule has 0 aromatic heterocycles. The Balaban J connectivity index is 2.77. The molecular weight excluding hydrogens is 172 g/mol. The normalized spacial score (nSPS) is 21.8. The highest BCUT2D eigenvalue weighted by molar-refractivity contribution is 6.00. The number of amides is 2. The lowest BCUT2D eigenvalue weighted by molar-refractivity contribution is -0.152. The molecule has 0 aromatic rings. The summed E-state index contributed by atoms with van der Waals surface area (Å²) in [6, 6.07) is 0. The van der Waals surface area contributed by atoms with Crippen molar-refractivity contribution in [2.24, 2.45) is 0 Å². The van der Waals surface area contributed by atoms with Crippen molar-refractivity contribution < 1.29 is 14.7 Å². The first-order valence-corrected chi connectivity index (χ1v) is 4.20. The van der Waals surface area contributed by atoms with E-state index in [-0.39, 0.29) is 5.91 Å². The average Bonchev–Trinajstić information content (AvgIpc) is 2.08. The molecule has 0 aliphatic carbocycles. The number of aliphatic hydroxyl groups excluding tert-OH is 1. The summed E-state index contributed by atoms with van der Waals surface area (Å²) in [4.78, 5) is 23.8. The van der Waals surface area contributed by atoms with Gasteiger partial charge in [-0.2, -0.15) is 0 Å². The van der Waals surface area contributed by atoms with E-state index in [2.05, 4.69) is 5.32 Å². The largest absolute Gasteiger partial charge is 0.387 e. The standard InChI is InChI=1S/C8H14N2O3/c1-8(2)7(13)10(4-3-9-8)6(12)5-11/h9,11H,3-5H2,1-2H3. The fourth-order valence-corrected chi connectivity index (χ4v) is 1.32. The van der Waals surface area contributed by atoms with Gasteiger partial charge in [-0.15, -0.1) is 0 Å². The molecule has 0 bridgehead atoms. The maximum atomic E-state index is 11.6. The van der Waals surface area contributed by atoms with Crippen molar-refractivity contribution >= 4 is 11.8 Å². The first-order chi connectivity index (χ1) is 5.99. The minimum atomic E-state index is -0.705. The van der Waals surface area contributed by atoms with E-state index in [1.54, 1.807) is 13.8 Å². The lowest BCUT2D eigenvalue weighted by Gasteiger charge is -2.36. The third-order valence-corrected chi connectivity index (χ3v) is 2.12. The van der Waals surface area contributed by atoms with Crippen LogP contribution >= 0.6 is 0 Å². The van der Waals surface area contributed by atoms with Gasteiger partial charge in [0, 0.05) is 13.1 Å². The molecule has 1 saturated heterocycles. The Kier molecular flexibility index (Phi) is 2.68. The quantitative estimate of drug-likeness (QED) is 0.535. The minimum absolute atomic E-state index is 0.280. The van der Waals surface area contributed by atoms with E-state index in [0.29, 0.717) is 13.1 Å². The molecule has 5 heteroatoms. The highest BCUT2D eigenvalue weighted by Gasteiger charge is 2.37. The first-order valence-electron chi connectivity index (χ1n) is 4.20. The summed E-state index contributed by atoms with van der Waals surface area (Å²) in [6.45, 7) is 3.73.